The maximum atomic E-state index is 11.9. The summed E-state index contributed by atoms with van der Waals surface area (Å²) in [7, 11) is 1.77. The third-order valence-electron chi connectivity index (χ3n) is 5.48. The van der Waals surface area contributed by atoms with Gasteiger partial charge in [0, 0.05) is 36.7 Å². The van der Waals surface area contributed by atoms with E-state index in [0.29, 0.717) is 40.2 Å². The lowest BCUT2D eigenvalue weighted by molar-refractivity contribution is 0.0343. The number of ether oxygens (including phenoxy) is 2. The van der Waals surface area contributed by atoms with Crippen LogP contribution in [-0.2, 0) is 16.5 Å². The van der Waals surface area contributed by atoms with E-state index in [9.17, 15) is 4.79 Å². The largest absolute Gasteiger partial charge is 0.462 e. The standard InChI is InChI=1S/C24H27ClN6O3/c1-3-33-23(32)16-9-7-15(8-10-16)22-29-24(31(2)30-22)28-19-12-11-18(17(14-26)21(19)25)27-20-6-4-5-13-34-20/h7-12,14,20,26-27H,3-6,13H2,1-2H3,(H,28,29,30). The van der Waals surface area contributed by atoms with Crippen molar-refractivity contribution in [1.29, 1.82) is 5.41 Å². The molecule has 3 aromatic rings. The first-order valence-corrected chi connectivity index (χ1v) is 11.5. The van der Waals surface area contributed by atoms with Crippen molar-refractivity contribution in [2.75, 3.05) is 23.8 Å². The van der Waals surface area contributed by atoms with Crippen LogP contribution in [0.25, 0.3) is 11.4 Å². The molecule has 1 fully saturated rings. The summed E-state index contributed by atoms with van der Waals surface area (Å²) in [5.74, 6) is 0.616. The molecule has 2 heterocycles. The fraction of sp³-hybridized carbons (Fsp3) is 0.333. The molecule has 0 bridgehead atoms. The summed E-state index contributed by atoms with van der Waals surface area (Å²) < 4.78 is 12.4. The zero-order valence-electron chi connectivity index (χ0n) is 19.1. The van der Waals surface area contributed by atoms with Gasteiger partial charge in [-0.1, -0.05) is 23.7 Å². The highest BCUT2D eigenvalue weighted by Crippen LogP contribution is 2.33. The van der Waals surface area contributed by atoms with Gasteiger partial charge in [0.25, 0.3) is 0 Å². The summed E-state index contributed by atoms with van der Waals surface area (Å²) >= 11 is 6.63. The fourth-order valence-corrected chi connectivity index (χ4v) is 3.96. The Labute approximate surface area is 202 Å². The maximum absolute atomic E-state index is 11.9. The van der Waals surface area contributed by atoms with Gasteiger partial charge in [-0.2, -0.15) is 4.98 Å². The van der Waals surface area contributed by atoms with E-state index >= 15 is 0 Å². The molecule has 178 valence electrons. The van der Waals surface area contributed by atoms with Crippen molar-refractivity contribution in [3.63, 3.8) is 0 Å². The van der Waals surface area contributed by atoms with E-state index in [1.54, 1.807) is 42.9 Å². The van der Waals surface area contributed by atoms with E-state index in [1.807, 2.05) is 12.1 Å². The van der Waals surface area contributed by atoms with Crippen LogP contribution in [0.4, 0.5) is 17.3 Å². The first-order valence-electron chi connectivity index (χ1n) is 11.2. The summed E-state index contributed by atoms with van der Waals surface area (Å²) in [4.78, 5) is 16.4. The maximum Gasteiger partial charge on any atom is 0.338 e. The second-order valence-corrected chi connectivity index (χ2v) is 8.22. The Kier molecular flexibility index (Phi) is 7.44. The molecule has 0 saturated carbocycles. The summed E-state index contributed by atoms with van der Waals surface area (Å²) in [6.45, 7) is 2.82. The van der Waals surface area contributed by atoms with E-state index in [0.717, 1.165) is 37.1 Å². The number of hydrogen-bond acceptors (Lipinski definition) is 8. The van der Waals surface area contributed by atoms with Crippen molar-refractivity contribution >= 4 is 41.1 Å². The average molecular weight is 483 g/mol. The van der Waals surface area contributed by atoms with Crippen molar-refractivity contribution in [3.05, 3.63) is 52.5 Å². The highest BCUT2D eigenvalue weighted by Gasteiger charge is 2.18. The Hall–Kier alpha value is -3.43. The number of rotatable bonds is 8. The van der Waals surface area contributed by atoms with E-state index in [1.165, 1.54) is 6.21 Å². The summed E-state index contributed by atoms with van der Waals surface area (Å²) in [6, 6.07) is 10.6. The number of halogens is 1. The highest BCUT2D eigenvalue weighted by molar-refractivity contribution is 6.36. The quantitative estimate of drug-likeness (QED) is 0.306. The van der Waals surface area contributed by atoms with Gasteiger partial charge >= 0.3 is 5.97 Å². The molecule has 1 saturated heterocycles. The number of hydrogen-bond donors (Lipinski definition) is 3. The lowest BCUT2D eigenvalue weighted by Gasteiger charge is -2.25. The van der Waals surface area contributed by atoms with Crippen LogP contribution >= 0.6 is 11.6 Å². The van der Waals surface area contributed by atoms with Crippen molar-refractivity contribution in [2.24, 2.45) is 7.05 Å². The van der Waals surface area contributed by atoms with Gasteiger partial charge in [-0.15, -0.1) is 5.10 Å². The summed E-state index contributed by atoms with van der Waals surface area (Å²) in [6.07, 6.45) is 4.22. The van der Waals surface area contributed by atoms with Crippen LogP contribution in [0.5, 0.6) is 0 Å². The summed E-state index contributed by atoms with van der Waals surface area (Å²) in [5.41, 5.74) is 3.15. The minimum atomic E-state index is -0.366. The molecule has 34 heavy (non-hydrogen) atoms. The minimum Gasteiger partial charge on any atom is -0.462 e. The molecule has 1 aromatic heterocycles. The van der Waals surface area contributed by atoms with Crippen molar-refractivity contribution in [2.45, 2.75) is 32.4 Å². The van der Waals surface area contributed by atoms with Gasteiger partial charge in [0.15, 0.2) is 5.82 Å². The Balaban J connectivity index is 1.53. The molecule has 0 amide bonds. The molecule has 1 atom stereocenters. The van der Waals surface area contributed by atoms with Gasteiger partial charge in [-0.25, -0.2) is 9.48 Å². The molecule has 9 nitrogen and oxygen atoms in total. The van der Waals surface area contributed by atoms with Gasteiger partial charge < -0.3 is 25.5 Å². The molecule has 1 aliphatic heterocycles. The van der Waals surface area contributed by atoms with E-state index in [4.69, 9.17) is 26.5 Å². The topological polar surface area (TPSA) is 114 Å². The van der Waals surface area contributed by atoms with E-state index in [-0.39, 0.29) is 12.2 Å². The zero-order valence-corrected chi connectivity index (χ0v) is 19.9. The Morgan fingerprint density at radius 3 is 2.71 bits per heavy atom. The number of aryl methyl sites for hydroxylation is 1. The van der Waals surface area contributed by atoms with E-state index in [2.05, 4.69) is 20.7 Å². The smallest absolute Gasteiger partial charge is 0.338 e. The minimum absolute atomic E-state index is 0.0844. The number of aromatic nitrogens is 3. The molecule has 0 spiro atoms. The van der Waals surface area contributed by atoms with Crippen molar-refractivity contribution < 1.29 is 14.3 Å². The van der Waals surface area contributed by atoms with Crippen molar-refractivity contribution in [1.82, 2.24) is 14.8 Å². The Morgan fingerprint density at radius 1 is 1.26 bits per heavy atom. The van der Waals surface area contributed by atoms with Crippen LogP contribution in [-0.4, -0.2) is 46.4 Å². The molecule has 4 rings (SSSR count). The van der Waals surface area contributed by atoms with Crippen LogP contribution in [0.1, 0.15) is 42.1 Å². The predicted molar refractivity (Wildman–Crippen MR) is 132 cm³/mol. The molecule has 3 N–H and O–H groups in total. The Bertz CT molecular complexity index is 1170. The molecule has 1 aliphatic rings. The number of benzene rings is 2. The third kappa shape index (κ3) is 5.21. The van der Waals surface area contributed by atoms with Crippen LogP contribution in [0.3, 0.4) is 0 Å². The molecule has 10 heteroatoms. The lowest BCUT2D eigenvalue weighted by Crippen LogP contribution is -2.27. The SMILES string of the molecule is CCOC(=O)c1ccc(-c2nc(Nc3ccc(NC4CCCCO4)c(C=N)c3Cl)n(C)n2)cc1. The van der Waals surface area contributed by atoms with Gasteiger partial charge in [0.05, 0.1) is 22.9 Å². The van der Waals surface area contributed by atoms with Crippen LogP contribution in [0, 0.1) is 5.41 Å². The first-order chi connectivity index (χ1) is 16.5. The monoisotopic (exact) mass is 482 g/mol. The van der Waals surface area contributed by atoms with Crippen LogP contribution < -0.4 is 10.6 Å². The molecular formula is C24H27ClN6O3. The predicted octanol–water partition coefficient (Wildman–Crippen LogP) is 4.99. The molecule has 1 unspecified atom stereocenters. The fourth-order valence-electron chi connectivity index (χ4n) is 3.69. The number of nitrogens with one attached hydrogen (secondary N) is 3. The number of nitrogens with zero attached hydrogens (tertiary/aromatic N) is 3. The molecular weight excluding hydrogens is 456 g/mol. The van der Waals surface area contributed by atoms with Gasteiger partial charge in [-0.05, 0) is 50.5 Å². The van der Waals surface area contributed by atoms with E-state index < -0.39 is 0 Å². The number of carbonyl (C=O) groups is 1. The molecule has 2 aromatic carbocycles. The third-order valence-corrected chi connectivity index (χ3v) is 5.89. The van der Waals surface area contributed by atoms with Gasteiger partial charge in [-0.3, -0.25) is 0 Å². The number of anilines is 3. The Morgan fingerprint density at radius 2 is 2.03 bits per heavy atom. The average Bonchev–Trinajstić information content (AvgIpc) is 3.22. The highest BCUT2D eigenvalue weighted by atomic mass is 35.5. The molecule has 0 radical (unpaired) electrons. The number of carbonyl (C=O) groups excluding carboxylic acids is 1. The summed E-state index contributed by atoms with van der Waals surface area (Å²) in [5, 5.41) is 19.3. The van der Waals surface area contributed by atoms with Gasteiger partial charge in [0.2, 0.25) is 5.95 Å². The van der Waals surface area contributed by atoms with Crippen molar-refractivity contribution in [3.8, 4) is 11.4 Å². The normalized spacial score (nSPS) is 15.6. The second-order valence-electron chi connectivity index (χ2n) is 7.84. The van der Waals surface area contributed by atoms with Crippen LogP contribution in [0.2, 0.25) is 5.02 Å². The van der Waals surface area contributed by atoms with Crippen LogP contribution in [0.15, 0.2) is 36.4 Å². The molecule has 0 aliphatic carbocycles. The first kappa shape index (κ1) is 23.7. The van der Waals surface area contributed by atoms with Gasteiger partial charge in [0.1, 0.15) is 6.23 Å². The zero-order chi connectivity index (χ0) is 24.1. The number of esters is 1. The second kappa shape index (κ2) is 10.7. The lowest BCUT2D eigenvalue weighted by atomic mass is 10.1.